The number of rotatable bonds is 10. The number of nitrogens with one attached hydrogen (secondary N) is 1. The summed E-state index contributed by atoms with van der Waals surface area (Å²) in [6.45, 7) is 6.73. The van der Waals surface area contributed by atoms with Crippen molar-refractivity contribution in [1.29, 1.82) is 0 Å². The lowest BCUT2D eigenvalue weighted by atomic mass is 10.1. The minimum Gasteiger partial charge on any atom is -0.348 e. The number of aryl methyl sites for hydroxylation is 3. The average molecular weight is 497 g/mol. The summed E-state index contributed by atoms with van der Waals surface area (Å²) in [5.41, 5.74) is 4.06. The molecule has 0 aliphatic carbocycles. The molecule has 35 heavy (non-hydrogen) atoms. The third-order valence-electron chi connectivity index (χ3n) is 6.11. The summed E-state index contributed by atoms with van der Waals surface area (Å²) in [6, 6.07) is 12.8. The average Bonchev–Trinajstić information content (AvgIpc) is 3.21. The monoisotopic (exact) mass is 496 g/mol. The zero-order valence-electron chi connectivity index (χ0n) is 20.5. The molecule has 2 aromatic carbocycles. The highest BCUT2D eigenvalue weighted by atomic mass is 32.2. The third-order valence-corrected chi connectivity index (χ3v) is 7.99. The zero-order chi connectivity index (χ0) is 25.0. The molecule has 1 N–H and O–H groups in total. The fourth-order valence-electron chi connectivity index (χ4n) is 3.93. The fourth-order valence-corrected chi connectivity index (χ4v) is 5.38. The minimum absolute atomic E-state index is 0.0374. The lowest BCUT2D eigenvalue weighted by molar-refractivity contribution is -0.0878. The number of carbonyl (C=O) groups excluding carboxylic acids is 1. The van der Waals surface area contributed by atoms with Crippen LogP contribution in [-0.4, -0.2) is 41.9 Å². The lowest BCUT2D eigenvalue weighted by Gasteiger charge is -2.30. The molecule has 0 atom stereocenters. The van der Waals surface area contributed by atoms with Crippen LogP contribution in [0.5, 0.6) is 0 Å². The molecular weight excluding hydrogens is 464 g/mol. The first-order valence-corrected chi connectivity index (χ1v) is 13.4. The zero-order valence-corrected chi connectivity index (χ0v) is 21.3. The Hall–Kier alpha value is -3.01. The standard InChI is InChI=1S/C26H32N4O4S/c1-4-5-6-7-14-29-16-23(25(28-29)21-11-8-19(2)9-12-21)26(31)27-22-13-10-20(3)24(15-22)35(32,33)30-17-34-18-30/h8-13,15-16H,4-7,14,17-18H2,1-3H3,(H,27,31). The highest BCUT2D eigenvalue weighted by Gasteiger charge is 2.32. The van der Waals surface area contributed by atoms with Gasteiger partial charge >= 0.3 is 0 Å². The molecule has 8 nitrogen and oxygen atoms in total. The fraction of sp³-hybridized carbons (Fsp3) is 0.385. The van der Waals surface area contributed by atoms with Gasteiger partial charge in [-0.05, 0) is 38.0 Å². The quantitative estimate of drug-likeness (QED) is 0.402. The SMILES string of the molecule is CCCCCCn1cc(C(=O)Nc2ccc(C)c(S(=O)(=O)N3COC3)c2)c(-c2ccc(C)cc2)n1. The van der Waals surface area contributed by atoms with Crippen molar-refractivity contribution in [3.05, 3.63) is 65.4 Å². The van der Waals surface area contributed by atoms with Gasteiger partial charge in [0.2, 0.25) is 10.0 Å². The molecule has 2 heterocycles. The largest absolute Gasteiger partial charge is 0.348 e. The molecule has 1 amide bonds. The smallest absolute Gasteiger partial charge is 0.259 e. The van der Waals surface area contributed by atoms with Crippen LogP contribution in [0.25, 0.3) is 11.3 Å². The molecule has 3 aromatic rings. The van der Waals surface area contributed by atoms with E-state index in [1.807, 2.05) is 35.9 Å². The van der Waals surface area contributed by atoms with Gasteiger partial charge in [0.25, 0.3) is 5.91 Å². The Morgan fingerprint density at radius 2 is 1.80 bits per heavy atom. The lowest BCUT2D eigenvalue weighted by Crippen LogP contribution is -2.44. The van der Waals surface area contributed by atoms with E-state index in [9.17, 15) is 13.2 Å². The summed E-state index contributed by atoms with van der Waals surface area (Å²) >= 11 is 0. The topological polar surface area (TPSA) is 93.5 Å². The Bertz CT molecular complexity index is 1300. The van der Waals surface area contributed by atoms with Crippen molar-refractivity contribution >= 4 is 21.6 Å². The molecule has 1 saturated heterocycles. The van der Waals surface area contributed by atoms with Gasteiger partial charge in [-0.25, -0.2) is 8.42 Å². The second kappa shape index (κ2) is 10.7. The number of sulfonamides is 1. The van der Waals surface area contributed by atoms with Crippen LogP contribution in [0.3, 0.4) is 0 Å². The number of hydrogen-bond acceptors (Lipinski definition) is 5. The highest BCUT2D eigenvalue weighted by molar-refractivity contribution is 7.89. The molecule has 1 fully saturated rings. The van der Waals surface area contributed by atoms with E-state index in [0.29, 0.717) is 22.5 Å². The van der Waals surface area contributed by atoms with E-state index in [2.05, 4.69) is 12.2 Å². The van der Waals surface area contributed by atoms with Crippen LogP contribution >= 0.6 is 0 Å². The van der Waals surface area contributed by atoms with Crippen LogP contribution in [0.15, 0.2) is 53.6 Å². The summed E-state index contributed by atoms with van der Waals surface area (Å²) in [7, 11) is -3.68. The molecule has 0 spiro atoms. The molecule has 0 radical (unpaired) electrons. The van der Waals surface area contributed by atoms with Gasteiger partial charge < -0.3 is 10.1 Å². The highest BCUT2D eigenvalue weighted by Crippen LogP contribution is 2.28. The Morgan fingerprint density at radius 3 is 2.46 bits per heavy atom. The van der Waals surface area contributed by atoms with Crippen molar-refractivity contribution in [3.63, 3.8) is 0 Å². The number of benzene rings is 2. The second-order valence-corrected chi connectivity index (χ2v) is 10.8. The second-order valence-electron chi connectivity index (χ2n) is 8.93. The van der Waals surface area contributed by atoms with Gasteiger partial charge in [-0.15, -0.1) is 4.31 Å². The van der Waals surface area contributed by atoms with Gasteiger partial charge in [0.05, 0.1) is 10.5 Å². The molecule has 186 valence electrons. The first kappa shape index (κ1) is 25.1. The van der Waals surface area contributed by atoms with Gasteiger partial charge in [0.15, 0.2) is 0 Å². The number of hydrogen-bond donors (Lipinski definition) is 1. The summed E-state index contributed by atoms with van der Waals surface area (Å²) in [5, 5.41) is 7.60. The predicted molar refractivity (Wildman–Crippen MR) is 136 cm³/mol. The summed E-state index contributed by atoms with van der Waals surface area (Å²) in [6.07, 6.45) is 6.20. The Kier molecular flexibility index (Phi) is 7.69. The van der Waals surface area contributed by atoms with Crippen molar-refractivity contribution < 1.29 is 17.9 Å². The molecule has 0 saturated carbocycles. The van der Waals surface area contributed by atoms with Crippen molar-refractivity contribution in [3.8, 4) is 11.3 Å². The molecule has 1 aliphatic heterocycles. The molecule has 9 heteroatoms. The molecule has 1 aliphatic rings. The van der Waals surface area contributed by atoms with Crippen molar-refractivity contribution in [2.45, 2.75) is 57.9 Å². The van der Waals surface area contributed by atoms with E-state index in [-0.39, 0.29) is 24.3 Å². The van der Waals surface area contributed by atoms with E-state index in [1.165, 1.54) is 16.8 Å². The number of aromatic nitrogens is 2. The maximum Gasteiger partial charge on any atom is 0.259 e. The summed E-state index contributed by atoms with van der Waals surface area (Å²) in [4.78, 5) is 13.5. The molecule has 0 unspecified atom stereocenters. The van der Waals surface area contributed by atoms with Crippen LogP contribution in [0.2, 0.25) is 0 Å². The molecule has 0 bridgehead atoms. The van der Waals surface area contributed by atoms with Crippen molar-refractivity contribution in [2.24, 2.45) is 0 Å². The Balaban J connectivity index is 1.61. The van der Waals surface area contributed by atoms with E-state index >= 15 is 0 Å². The summed E-state index contributed by atoms with van der Waals surface area (Å²) in [5.74, 6) is -0.333. The van der Waals surface area contributed by atoms with Crippen LogP contribution in [-0.2, 0) is 21.3 Å². The van der Waals surface area contributed by atoms with E-state index < -0.39 is 10.0 Å². The minimum atomic E-state index is -3.68. The van der Waals surface area contributed by atoms with E-state index in [0.717, 1.165) is 36.9 Å². The maximum atomic E-state index is 13.4. The van der Waals surface area contributed by atoms with Crippen molar-refractivity contribution in [1.82, 2.24) is 14.1 Å². The summed E-state index contributed by atoms with van der Waals surface area (Å²) < 4.78 is 33.8. The first-order valence-electron chi connectivity index (χ1n) is 11.9. The molecular formula is C26H32N4O4S. The van der Waals surface area contributed by atoms with Crippen LogP contribution in [0, 0.1) is 13.8 Å². The molecule has 1 aromatic heterocycles. The van der Waals surface area contributed by atoms with Gasteiger partial charge in [-0.2, -0.15) is 5.10 Å². The number of ether oxygens (including phenoxy) is 1. The van der Waals surface area contributed by atoms with Gasteiger partial charge in [-0.1, -0.05) is 62.1 Å². The van der Waals surface area contributed by atoms with Gasteiger partial charge in [0.1, 0.15) is 19.2 Å². The predicted octanol–water partition coefficient (Wildman–Crippen LogP) is 4.94. The van der Waals surface area contributed by atoms with Gasteiger partial charge in [-0.3, -0.25) is 9.48 Å². The Labute approximate surface area is 207 Å². The van der Waals surface area contributed by atoms with Crippen LogP contribution in [0.4, 0.5) is 5.69 Å². The number of carbonyl (C=O) groups is 1. The number of amides is 1. The molecule has 4 rings (SSSR count). The van der Waals surface area contributed by atoms with Crippen LogP contribution < -0.4 is 5.32 Å². The van der Waals surface area contributed by atoms with E-state index in [4.69, 9.17) is 9.84 Å². The normalized spacial score (nSPS) is 14.0. The van der Waals surface area contributed by atoms with Crippen LogP contribution in [0.1, 0.15) is 54.1 Å². The first-order chi connectivity index (χ1) is 16.8. The van der Waals surface area contributed by atoms with Gasteiger partial charge in [0, 0.05) is 24.0 Å². The third kappa shape index (κ3) is 5.63. The number of anilines is 1. The maximum absolute atomic E-state index is 13.4. The van der Waals surface area contributed by atoms with Crippen molar-refractivity contribution in [2.75, 3.05) is 18.8 Å². The number of unbranched alkanes of at least 4 members (excludes halogenated alkanes) is 3. The Morgan fingerprint density at radius 1 is 1.06 bits per heavy atom. The van der Waals surface area contributed by atoms with E-state index in [1.54, 1.807) is 25.3 Å². The number of nitrogens with zero attached hydrogens (tertiary/aromatic N) is 3.